The van der Waals surface area contributed by atoms with Crippen molar-refractivity contribution < 1.29 is 14.0 Å². The van der Waals surface area contributed by atoms with Gasteiger partial charge in [-0.15, -0.1) is 0 Å². The molecule has 1 aromatic heterocycles. The molecule has 3 aliphatic rings. The molecule has 0 aliphatic carbocycles. The van der Waals surface area contributed by atoms with Gasteiger partial charge in [-0.3, -0.25) is 0 Å². The molecule has 2 aromatic carbocycles. The maximum atomic E-state index is 13.6. The van der Waals surface area contributed by atoms with E-state index >= 15 is 0 Å². The van der Waals surface area contributed by atoms with Crippen molar-refractivity contribution >= 4 is 17.5 Å². The van der Waals surface area contributed by atoms with Gasteiger partial charge in [0.15, 0.2) is 12.1 Å². The van der Waals surface area contributed by atoms with Crippen molar-refractivity contribution in [2.24, 2.45) is 5.92 Å². The van der Waals surface area contributed by atoms with Crippen LogP contribution in [-0.2, 0) is 16.1 Å². The first kappa shape index (κ1) is 23.4. The van der Waals surface area contributed by atoms with Gasteiger partial charge < -0.3 is 19.4 Å². The number of aromatic nitrogens is 1. The molecule has 1 N–H and O–H groups in total. The van der Waals surface area contributed by atoms with Crippen LogP contribution in [0.2, 0.25) is 0 Å². The Morgan fingerprint density at radius 3 is 2.37 bits per heavy atom. The van der Waals surface area contributed by atoms with Crippen molar-refractivity contribution in [3.05, 3.63) is 90.1 Å². The van der Waals surface area contributed by atoms with Gasteiger partial charge in [0.1, 0.15) is 18.9 Å². The summed E-state index contributed by atoms with van der Waals surface area (Å²) in [7, 11) is 4.04. The van der Waals surface area contributed by atoms with Crippen LogP contribution in [0.4, 0.5) is 11.5 Å². The van der Waals surface area contributed by atoms with Gasteiger partial charge >= 0.3 is 5.97 Å². The predicted octanol–water partition coefficient (Wildman–Crippen LogP) is 4.65. The van der Waals surface area contributed by atoms with Crippen LogP contribution in [0.15, 0.2) is 78.9 Å². The average molecular weight is 472 g/mol. The molecule has 2 atom stereocenters. The van der Waals surface area contributed by atoms with E-state index in [0.717, 1.165) is 66.3 Å². The summed E-state index contributed by atoms with van der Waals surface area (Å²) < 4.78 is 7.24. The van der Waals surface area contributed by atoms with Crippen molar-refractivity contribution in [2.45, 2.75) is 31.5 Å². The van der Waals surface area contributed by atoms with Gasteiger partial charge in [0.2, 0.25) is 0 Å². The van der Waals surface area contributed by atoms with E-state index < -0.39 is 6.04 Å². The fourth-order valence-electron chi connectivity index (χ4n) is 5.57. The second-order valence-corrected chi connectivity index (χ2v) is 10.2. The number of piperidine rings is 3. The SMILES string of the molecule is CN(C)c1cccc(C[N+]23CCC(CC2)[C@@H](OC(=O)[C@H](Nc2ccccc2)c2ccccc2)C3)n1. The number of nitrogens with zero attached hydrogens (tertiary/aromatic N) is 3. The minimum atomic E-state index is -0.541. The summed E-state index contributed by atoms with van der Waals surface area (Å²) in [6.07, 6.45) is 2.12. The lowest BCUT2D eigenvalue weighted by molar-refractivity contribution is -0.958. The van der Waals surface area contributed by atoms with Crippen molar-refractivity contribution in [2.75, 3.05) is 43.9 Å². The van der Waals surface area contributed by atoms with E-state index in [9.17, 15) is 4.79 Å². The summed E-state index contributed by atoms with van der Waals surface area (Å²) in [4.78, 5) is 20.5. The predicted molar refractivity (Wildman–Crippen MR) is 139 cm³/mol. The van der Waals surface area contributed by atoms with Crippen LogP contribution in [-0.4, -0.2) is 55.3 Å². The quantitative estimate of drug-likeness (QED) is 0.383. The third-order valence-corrected chi connectivity index (χ3v) is 7.51. The minimum absolute atomic E-state index is 0.0641. The summed E-state index contributed by atoms with van der Waals surface area (Å²) in [6, 6.07) is 25.4. The van der Waals surface area contributed by atoms with E-state index in [1.807, 2.05) is 85.7 Å². The highest BCUT2D eigenvalue weighted by atomic mass is 16.5. The van der Waals surface area contributed by atoms with Gasteiger partial charge in [0, 0.05) is 38.5 Å². The topological polar surface area (TPSA) is 54.5 Å². The number of hydrogen-bond acceptors (Lipinski definition) is 5. The standard InChI is InChI=1S/C29H35N4O2/c1-32(2)27-15-9-14-25(30-27)20-33-18-16-22(17-19-33)26(21-33)35-29(34)28(23-10-5-3-6-11-23)31-24-12-7-4-8-13-24/h3-15,22,26,28,31H,16-21H2,1-2H3/q+1/t22?,26-,28+,33?/m0/s1. The fourth-order valence-corrected chi connectivity index (χ4v) is 5.57. The first-order valence-corrected chi connectivity index (χ1v) is 12.6. The summed E-state index contributed by atoms with van der Waals surface area (Å²) in [5.74, 6) is 1.21. The lowest BCUT2D eigenvalue weighted by Gasteiger charge is -2.52. The van der Waals surface area contributed by atoms with E-state index in [0.29, 0.717) is 5.92 Å². The Morgan fingerprint density at radius 2 is 1.69 bits per heavy atom. The van der Waals surface area contributed by atoms with Crippen LogP contribution in [0.1, 0.15) is 30.1 Å². The highest BCUT2D eigenvalue weighted by Gasteiger charge is 2.48. The number of fused-ring (bicyclic) bond motifs is 3. The van der Waals surface area contributed by atoms with Crippen LogP contribution in [0.25, 0.3) is 0 Å². The smallest absolute Gasteiger partial charge is 0.333 e. The summed E-state index contributed by atoms with van der Waals surface area (Å²) in [5.41, 5.74) is 2.92. The number of benzene rings is 2. The van der Waals surface area contributed by atoms with E-state index in [4.69, 9.17) is 9.72 Å². The van der Waals surface area contributed by atoms with E-state index in [-0.39, 0.29) is 12.1 Å². The molecule has 182 valence electrons. The Labute approximate surface area is 208 Å². The van der Waals surface area contributed by atoms with Gasteiger partial charge in [-0.2, -0.15) is 0 Å². The number of carbonyl (C=O) groups is 1. The highest BCUT2D eigenvalue weighted by Crippen LogP contribution is 2.37. The van der Waals surface area contributed by atoms with Crippen molar-refractivity contribution in [1.82, 2.24) is 4.98 Å². The molecule has 3 aromatic rings. The third-order valence-electron chi connectivity index (χ3n) is 7.51. The molecular formula is C29H35N4O2+. The molecule has 0 spiro atoms. The number of para-hydroxylation sites is 1. The second-order valence-electron chi connectivity index (χ2n) is 10.2. The lowest BCUT2D eigenvalue weighted by atomic mass is 9.83. The number of anilines is 2. The van der Waals surface area contributed by atoms with Crippen molar-refractivity contribution in [3.63, 3.8) is 0 Å². The Morgan fingerprint density at radius 1 is 1.00 bits per heavy atom. The van der Waals surface area contributed by atoms with Crippen molar-refractivity contribution in [1.29, 1.82) is 0 Å². The average Bonchev–Trinajstić information content (AvgIpc) is 2.89. The molecule has 35 heavy (non-hydrogen) atoms. The molecule has 0 radical (unpaired) electrons. The van der Waals surface area contributed by atoms with Crippen LogP contribution in [0.5, 0.6) is 0 Å². The van der Waals surface area contributed by atoms with Gasteiger partial charge in [-0.25, -0.2) is 9.78 Å². The van der Waals surface area contributed by atoms with Crippen LogP contribution in [0.3, 0.4) is 0 Å². The number of quaternary nitrogens is 1. The zero-order valence-corrected chi connectivity index (χ0v) is 20.6. The lowest BCUT2D eigenvalue weighted by Crippen LogP contribution is -2.64. The van der Waals surface area contributed by atoms with E-state index in [1.165, 1.54) is 0 Å². The Bertz CT molecular complexity index is 1130. The van der Waals surface area contributed by atoms with Crippen molar-refractivity contribution in [3.8, 4) is 0 Å². The number of pyridine rings is 1. The van der Waals surface area contributed by atoms with Gasteiger partial charge in [0.25, 0.3) is 0 Å². The van der Waals surface area contributed by atoms with E-state index in [1.54, 1.807) is 0 Å². The van der Waals surface area contributed by atoms with E-state index in [2.05, 4.69) is 17.4 Å². The maximum Gasteiger partial charge on any atom is 0.333 e. The molecular weight excluding hydrogens is 436 g/mol. The molecule has 6 rings (SSSR count). The third kappa shape index (κ3) is 5.33. The molecule has 0 unspecified atom stereocenters. The first-order chi connectivity index (χ1) is 17.0. The Kier molecular flexibility index (Phi) is 6.73. The second kappa shape index (κ2) is 10.1. The Hall–Kier alpha value is -3.38. The summed E-state index contributed by atoms with van der Waals surface area (Å²) in [5, 5.41) is 3.40. The number of nitrogens with one attached hydrogen (secondary N) is 1. The molecule has 2 bridgehead atoms. The zero-order chi connectivity index (χ0) is 24.3. The molecule has 3 aliphatic heterocycles. The van der Waals surface area contributed by atoms with Gasteiger partial charge in [-0.05, 0) is 29.8 Å². The minimum Gasteiger partial charge on any atom is -0.454 e. The zero-order valence-electron chi connectivity index (χ0n) is 20.6. The number of esters is 1. The van der Waals surface area contributed by atoms with Crippen LogP contribution in [0, 0.1) is 5.92 Å². The Balaban J connectivity index is 1.32. The highest BCUT2D eigenvalue weighted by molar-refractivity contribution is 5.81. The molecule has 3 fully saturated rings. The monoisotopic (exact) mass is 471 g/mol. The number of carbonyl (C=O) groups excluding carboxylic acids is 1. The number of ether oxygens (including phenoxy) is 1. The molecule has 6 nitrogen and oxygen atoms in total. The normalized spacial score (nSPS) is 23.9. The van der Waals surface area contributed by atoms with Crippen LogP contribution >= 0.6 is 0 Å². The van der Waals surface area contributed by atoms with Gasteiger partial charge in [0.05, 0.1) is 18.8 Å². The summed E-state index contributed by atoms with van der Waals surface area (Å²) in [6.45, 7) is 3.98. The molecule has 6 heteroatoms. The first-order valence-electron chi connectivity index (χ1n) is 12.6. The number of rotatable bonds is 8. The maximum absolute atomic E-state index is 13.6. The molecule has 4 heterocycles. The molecule has 3 saturated heterocycles. The molecule has 0 amide bonds. The van der Waals surface area contributed by atoms with Gasteiger partial charge in [-0.1, -0.05) is 54.6 Å². The van der Waals surface area contributed by atoms with Crippen LogP contribution < -0.4 is 10.2 Å². The fraction of sp³-hybridized carbons (Fsp3) is 0.379. The largest absolute Gasteiger partial charge is 0.454 e. The number of hydrogen-bond donors (Lipinski definition) is 1. The summed E-state index contributed by atoms with van der Waals surface area (Å²) >= 11 is 0. The molecule has 0 saturated carbocycles.